The first-order valence-electron chi connectivity index (χ1n) is 3.22. The van der Waals surface area contributed by atoms with Crippen LogP contribution in [0, 0.1) is 0 Å². The van der Waals surface area contributed by atoms with E-state index in [0.717, 1.165) is 11.9 Å². The number of halogens is 1. The topological polar surface area (TPSA) is 17.1 Å². The van der Waals surface area contributed by atoms with Gasteiger partial charge in [-0.05, 0) is 31.1 Å². The highest BCUT2D eigenvalue weighted by molar-refractivity contribution is 6.30. The van der Waals surface area contributed by atoms with E-state index in [9.17, 15) is 4.79 Å². The highest BCUT2D eigenvalue weighted by Crippen LogP contribution is 2.06. The summed E-state index contributed by atoms with van der Waals surface area (Å²) in [6, 6.07) is 0. The Morgan fingerprint density at radius 1 is 1.27 bits per heavy atom. The maximum absolute atomic E-state index is 10.2. The van der Waals surface area contributed by atoms with Crippen LogP contribution in [-0.2, 0) is 4.79 Å². The smallest absolute Gasteiger partial charge is 0.145 e. The Kier molecular flexibility index (Phi) is 4.55. The second-order valence-electron chi connectivity index (χ2n) is 2.34. The first-order chi connectivity index (χ1) is 5.06. The molecule has 0 aromatic heterocycles. The van der Waals surface area contributed by atoms with Crippen molar-refractivity contribution in [2.24, 2.45) is 0 Å². The van der Waals surface area contributed by atoms with E-state index < -0.39 is 0 Å². The molecule has 0 aliphatic rings. The van der Waals surface area contributed by atoms with E-state index in [2.05, 4.69) is 6.58 Å². The standard InChI is InChI=1S/C9H11ClO/c1-7(5-9(3)10)4-8(2)6-11/h4-6H,3H2,1-2H3/b7-5+,8-4+. The van der Waals surface area contributed by atoms with Crippen molar-refractivity contribution in [3.05, 3.63) is 34.9 Å². The summed E-state index contributed by atoms with van der Waals surface area (Å²) in [5.74, 6) is 0. The fraction of sp³-hybridized carbons (Fsp3) is 0.222. The molecule has 0 radical (unpaired) electrons. The predicted octanol–water partition coefficient (Wildman–Crippen LogP) is 2.83. The minimum absolute atomic E-state index is 0.470. The lowest BCUT2D eigenvalue weighted by Gasteiger charge is -1.91. The van der Waals surface area contributed by atoms with Crippen LogP contribution in [-0.4, -0.2) is 6.29 Å². The molecule has 0 aromatic carbocycles. The average Bonchev–Trinajstić information content (AvgIpc) is 1.85. The molecule has 0 saturated carbocycles. The Morgan fingerprint density at radius 2 is 1.82 bits per heavy atom. The van der Waals surface area contributed by atoms with Crippen molar-refractivity contribution >= 4 is 17.9 Å². The third kappa shape index (κ3) is 5.62. The molecule has 0 aromatic rings. The number of carbonyl (C=O) groups excluding carboxylic acids is 1. The summed E-state index contributed by atoms with van der Waals surface area (Å²) in [5.41, 5.74) is 1.60. The monoisotopic (exact) mass is 170 g/mol. The summed E-state index contributed by atoms with van der Waals surface area (Å²) in [5, 5.41) is 0.470. The van der Waals surface area contributed by atoms with Gasteiger partial charge in [-0.25, -0.2) is 0 Å². The van der Waals surface area contributed by atoms with E-state index in [4.69, 9.17) is 11.6 Å². The third-order valence-corrected chi connectivity index (χ3v) is 1.13. The van der Waals surface area contributed by atoms with E-state index in [1.165, 1.54) is 0 Å². The number of allylic oxidation sites excluding steroid dienone is 5. The van der Waals surface area contributed by atoms with Gasteiger partial charge in [0, 0.05) is 5.03 Å². The van der Waals surface area contributed by atoms with Gasteiger partial charge in [0.2, 0.25) is 0 Å². The fourth-order valence-electron chi connectivity index (χ4n) is 0.682. The van der Waals surface area contributed by atoms with Crippen molar-refractivity contribution in [1.29, 1.82) is 0 Å². The second kappa shape index (κ2) is 4.91. The van der Waals surface area contributed by atoms with Crippen molar-refractivity contribution < 1.29 is 4.79 Å². The van der Waals surface area contributed by atoms with Crippen molar-refractivity contribution in [3.8, 4) is 0 Å². The summed E-state index contributed by atoms with van der Waals surface area (Å²) >= 11 is 5.51. The number of aldehydes is 1. The van der Waals surface area contributed by atoms with Crippen molar-refractivity contribution in [2.75, 3.05) is 0 Å². The van der Waals surface area contributed by atoms with Crippen LogP contribution in [0.3, 0.4) is 0 Å². The molecule has 0 saturated heterocycles. The summed E-state index contributed by atoms with van der Waals surface area (Å²) in [6.07, 6.45) is 4.25. The van der Waals surface area contributed by atoms with Gasteiger partial charge in [-0.15, -0.1) is 0 Å². The predicted molar refractivity (Wildman–Crippen MR) is 48.6 cm³/mol. The van der Waals surface area contributed by atoms with Gasteiger partial charge in [-0.2, -0.15) is 0 Å². The van der Waals surface area contributed by atoms with Crippen molar-refractivity contribution in [1.82, 2.24) is 0 Å². The minimum Gasteiger partial charge on any atom is -0.298 e. The molecule has 0 heterocycles. The Bertz CT molecular complexity index is 224. The molecule has 1 nitrogen and oxygen atoms in total. The van der Waals surface area contributed by atoms with Crippen LogP contribution in [0.15, 0.2) is 34.9 Å². The van der Waals surface area contributed by atoms with Crippen molar-refractivity contribution in [3.63, 3.8) is 0 Å². The molecule has 0 amide bonds. The van der Waals surface area contributed by atoms with E-state index >= 15 is 0 Å². The lowest BCUT2D eigenvalue weighted by molar-refractivity contribution is -0.104. The number of rotatable bonds is 3. The number of carbonyl (C=O) groups is 1. The molecule has 0 bridgehead atoms. The highest BCUT2D eigenvalue weighted by Gasteiger charge is 1.87. The number of hydrogen-bond acceptors (Lipinski definition) is 1. The van der Waals surface area contributed by atoms with Crippen LogP contribution in [0.2, 0.25) is 0 Å². The Labute approximate surface area is 72.1 Å². The molecule has 0 atom stereocenters. The molecule has 0 N–H and O–H groups in total. The van der Waals surface area contributed by atoms with Crippen LogP contribution in [0.1, 0.15) is 13.8 Å². The van der Waals surface area contributed by atoms with Crippen LogP contribution < -0.4 is 0 Å². The summed E-state index contributed by atoms with van der Waals surface area (Å²) in [7, 11) is 0. The zero-order valence-corrected chi connectivity index (χ0v) is 7.48. The molecule has 0 fully saturated rings. The average molecular weight is 171 g/mol. The van der Waals surface area contributed by atoms with E-state index in [-0.39, 0.29) is 0 Å². The molecule has 0 aliphatic heterocycles. The Hall–Kier alpha value is -0.820. The molecule has 0 aliphatic carbocycles. The van der Waals surface area contributed by atoms with Gasteiger partial charge in [-0.3, -0.25) is 4.79 Å². The van der Waals surface area contributed by atoms with Gasteiger partial charge in [0.05, 0.1) is 0 Å². The first kappa shape index (κ1) is 10.2. The molecule has 2 heteroatoms. The number of hydrogen-bond donors (Lipinski definition) is 0. The molecule has 0 rings (SSSR count). The van der Waals surface area contributed by atoms with Gasteiger partial charge in [0.15, 0.2) is 0 Å². The highest BCUT2D eigenvalue weighted by atomic mass is 35.5. The zero-order chi connectivity index (χ0) is 8.85. The lowest BCUT2D eigenvalue weighted by Crippen LogP contribution is -1.77. The molecular weight excluding hydrogens is 160 g/mol. The Balaban J connectivity index is 4.38. The van der Waals surface area contributed by atoms with Gasteiger partial charge in [-0.1, -0.05) is 24.3 Å². The quantitative estimate of drug-likeness (QED) is 0.362. The lowest BCUT2D eigenvalue weighted by atomic mass is 10.2. The largest absolute Gasteiger partial charge is 0.298 e. The maximum Gasteiger partial charge on any atom is 0.145 e. The molecule has 11 heavy (non-hydrogen) atoms. The fourth-order valence-corrected chi connectivity index (χ4v) is 0.854. The summed E-state index contributed by atoms with van der Waals surface area (Å²) in [6.45, 7) is 7.10. The van der Waals surface area contributed by atoms with Crippen LogP contribution in [0.25, 0.3) is 0 Å². The van der Waals surface area contributed by atoms with Crippen LogP contribution >= 0.6 is 11.6 Å². The Morgan fingerprint density at radius 3 is 2.18 bits per heavy atom. The van der Waals surface area contributed by atoms with Gasteiger partial charge < -0.3 is 0 Å². The van der Waals surface area contributed by atoms with Crippen LogP contribution in [0.5, 0.6) is 0 Å². The van der Waals surface area contributed by atoms with Gasteiger partial charge in [0.1, 0.15) is 6.29 Å². The zero-order valence-electron chi connectivity index (χ0n) is 6.73. The first-order valence-corrected chi connectivity index (χ1v) is 3.60. The molecule has 0 unspecified atom stereocenters. The molecule has 60 valence electrons. The van der Waals surface area contributed by atoms with Crippen LogP contribution in [0.4, 0.5) is 0 Å². The van der Waals surface area contributed by atoms with E-state index in [1.807, 2.05) is 6.92 Å². The minimum atomic E-state index is 0.470. The molecular formula is C9H11ClO. The third-order valence-electron chi connectivity index (χ3n) is 1.03. The SMILES string of the molecule is C=C(Cl)/C=C(C)/C=C(\C)C=O. The van der Waals surface area contributed by atoms with E-state index in [1.54, 1.807) is 19.1 Å². The summed E-state index contributed by atoms with van der Waals surface area (Å²) in [4.78, 5) is 10.2. The van der Waals surface area contributed by atoms with Gasteiger partial charge >= 0.3 is 0 Å². The van der Waals surface area contributed by atoms with E-state index in [0.29, 0.717) is 10.6 Å². The summed E-state index contributed by atoms with van der Waals surface area (Å²) < 4.78 is 0. The second-order valence-corrected chi connectivity index (χ2v) is 2.83. The van der Waals surface area contributed by atoms with Crippen molar-refractivity contribution in [2.45, 2.75) is 13.8 Å². The normalized spacial score (nSPS) is 13.0. The van der Waals surface area contributed by atoms with Gasteiger partial charge in [0.25, 0.3) is 0 Å². The maximum atomic E-state index is 10.2. The molecule has 0 spiro atoms.